The molecule has 2 N–H and O–H groups in total. The van der Waals surface area contributed by atoms with E-state index in [1.165, 1.54) is 0 Å². The topological polar surface area (TPSA) is 64.7 Å². The van der Waals surface area contributed by atoms with Gasteiger partial charge in [-0.1, -0.05) is 18.2 Å². The molecule has 2 amide bonds. The smallest absolute Gasteiger partial charge is 0.251 e. The quantitative estimate of drug-likeness (QED) is 0.752. The van der Waals surface area contributed by atoms with Crippen LogP contribution >= 0.6 is 0 Å². The van der Waals surface area contributed by atoms with Gasteiger partial charge in [-0.15, -0.1) is 0 Å². The maximum atomic E-state index is 12.3. The Morgan fingerprint density at radius 1 is 1.00 bits per heavy atom. The van der Waals surface area contributed by atoms with E-state index in [0.29, 0.717) is 24.3 Å². The molecule has 0 atom stereocenters. The Bertz CT molecular complexity index is 772. The van der Waals surface area contributed by atoms with Crippen molar-refractivity contribution in [2.75, 3.05) is 44.4 Å². The van der Waals surface area contributed by atoms with Crippen molar-refractivity contribution in [3.05, 3.63) is 59.7 Å². The second-order valence-electron chi connectivity index (χ2n) is 6.72. The van der Waals surface area contributed by atoms with Crippen molar-refractivity contribution in [1.82, 2.24) is 10.2 Å². The Kier molecular flexibility index (Phi) is 7.37. The van der Waals surface area contributed by atoms with Crippen LogP contribution in [0.1, 0.15) is 22.8 Å². The zero-order chi connectivity index (χ0) is 19.8. The molecule has 0 radical (unpaired) electrons. The van der Waals surface area contributed by atoms with E-state index in [9.17, 15) is 9.59 Å². The minimum atomic E-state index is -0.146. The molecule has 2 aromatic rings. The second kappa shape index (κ2) is 9.73. The van der Waals surface area contributed by atoms with E-state index in [0.717, 1.165) is 11.3 Å². The van der Waals surface area contributed by atoms with Crippen molar-refractivity contribution in [2.24, 2.45) is 0 Å². The molecule has 0 bridgehead atoms. The third-order valence-electron chi connectivity index (χ3n) is 4.06. The van der Waals surface area contributed by atoms with Gasteiger partial charge in [0.2, 0.25) is 5.91 Å². The van der Waals surface area contributed by atoms with Crippen molar-refractivity contribution in [3.8, 4) is 0 Å². The number of hydrogen-bond acceptors (Lipinski definition) is 4. The zero-order valence-corrected chi connectivity index (χ0v) is 16.5. The molecule has 27 heavy (non-hydrogen) atoms. The molecule has 0 aliphatic heterocycles. The molecule has 0 aromatic heterocycles. The first-order valence-corrected chi connectivity index (χ1v) is 9.02. The average molecular weight is 368 g/mol. The summed E-state index contributed by atoms with van der Waals surface area (Å²) in [4.78, 5) is 28.2. The van der Waals surface area contributed by atoms with Crippen LogP contribution in [0.3, 0.4) is 0 Å². The van der Waals surface area contributed by atoms with Gasteiger partial charge in [0.1, 0.15) is 0 Å². The highest BCUT2D eigenvalue weighted by Gasteiger charge is 2.10. The summed E-state index contributed by atoms with van der Waals surface area (Å²) in [5.74, 6) is -0.262. The number of carbonyl (C=O) groups is 2. The zero-order valence-electron chi connectivity index (χ0n) is 16.5. The normalized spacial score (nSPS) is 10.6. The first kappa shape index (κ1) is 20.5. The van der Waals surface area contributed by atoms with Gasteiger partial charge in [0.25, 0.3) is 5.91 Å². The highest BCUT2D eigenvalue weighted by Crippen LogP contribution is 2.14. The number of benzene rings is 2. The Morgan fingerprint density at radius 2 is 1.70 bits per heavy atom. The minimum Gasteiger partial charge on any atom is -0.378 e. The standard InChI is InChI=1S/C21H28N4O2/c1-5-22-21(27)17-7-6-8-18(13-17)23-20(26)15-25(4)14-16-9-11-19(12-10-16)24(2)3/h6-13H,5,14-15H2,1-4H3,(H,22,27)(H,23,26). The molecule has 0 saturated heterocycles. The van der Waals surface area contributed by atoms with Crippen molar-refractivity contribution in [2.45, 2.75) is 13.5 Å². The van der Waals surface area contributed by atoms with Crippen LogP contribution in [0, 0.1) is 0 Å². The minimum absolute atomic E-state index is 0.115. The first-order valence-electron chi connectivity index (χ1n) is 9.02. The van der Waals surface area contributed by atoms with E-state index in [1.54, 1.807) is 24.3 Å². The molecule has 2 rings (SSSR count). The summed E-state index contributed by atoms with van der Waals surface area (Å²) in [5.41, 5.74) is 3.44. The molecule has 6 nitrogen and oxygen atoms in total. The van der Waals surface area contributed by atoms with Gasteiger partial charge in [0, 0.05) is 44.1 Å². The largest absolute Gasteiger partial charge is 0.378 e. The van der Waals surface area contributed by atoms with Gasteiger partial charge in [-0.3, -0.25) is 14.5 Å². The lowest BCUT2D eigenvalue weighted by Crippen LogP contribution is -2.30. The fourth-order valence-corrected chi connectivity index (χ4v) is 2.71. The molecule has 0 fully saturated rings. The highest BCUT2D eigenvalue weighted by atomic mass is 16.2. The Balaban J connectivity index is 1.89. The van der Waals surface area contributed by atoms with Gasteiger partial charge in [-0.25, -0.2) is 0 Å². The maximum absolute atomic E-state index is 12.3. The van der Waals surface area contributed by atoms with Crippen LogP contribution < -0.4 is 15.5 Å². The third-order valence-corrected chi connectivity index (χ3v) is 4.06. The van der Waals surface area contributed by atoms with Crippen LogP contribution in [0.5, 0.6) is 0 Å². The molecular formula is C21H28N4O2. The monoisotopic (exact) mass is 368 g/mol. The Labute approximate surface area is 161 Å². The summed E-state index contributed by atoms with van der Waals surface area (Å²) in [7, 11) is 5.92. The van der Waals surface area contributed by atoms with Crippen molar-refractivity contribution in [3.63, 3.8) is 0 Å². The molecule has 6 heteroatoms. The van der Waals surface area contributed by atoms with E-state index in [2.05, 4.69) is 39.8 Å². The summed E-state index contributed by atoms with van der Waals surface area (Å²) >= 11 is 0. The third kappa shape index (κ3) is 6.42. The van der Waals surface area contributed by atoms with Gasteiger partial charge < -0.3 is 15.5 Å². The fourth-order valence-electron chi connectivity index (χ4n) is 2.71. The Morgan fingerprint density at radius 3 is 2.33 bits per heavy atom. The van der Waals surface area contributed by atoms with Crippen molar-refractivity contribution < 1.29 is 9.59 Å². The number of anilines is 2. The molecule has 0 spiro atoms. The van der Waals surface area contributed by atoms with E-state index in [1.807, 2.05) is 33.0 Å². The van der Waals surface area contributed by atoms with Crippen LogP contribution in [0.2, 0.25) is 0 Å². The average Bonchev–Trinajstić information content (AvgIpc) is 2.62. The number of amides is 2. The van der Waals surface area contributed by atoms with Crippen LogP contribution in [-0.2, 0) is 11.3 Å². The molecule has 2 aromatic carbocycles. The van der Waals surface area contributed by atoms with E-state index < -0.39 is 0 Å². The predicted octanol–water partition coefficient (Wildman–Crippen LogP) is 2.57. The predicted molar refractivity (Wildman–Crippen MR) is 110 cm³/mol. The van der Waals surface area contributed by atoms with E-state index in [4.69, 9.17) is 0 Å². The number of hydrogen-bond donors (Lipinski definition) is 2. The van der Waals surface area contributed by atoms with Crippen LogP contribution in [0.4, 0.5) is 11.4 Å². The van der Waals surface area contributed by atoms with Crippen LogP contribution in [0.25, 0.3) is 0 Å². The summed E-state index contributed by atoms with van der Waals surface area (Å²) in [6.45, 7) is 3.38. The van der Waals surface area contributed by atoms with Crippen molar-refractivity contribution >= 4 is 23.2 Å². The fraction of sp³-hybridized carbons (Fsp3) is 0.333. The first-order chi connectivity index (χ1) is 12.9. The summed E-state index contributed by atoms with van der Waals surface area (Å²) in [6, 6.07) is 15.2. The van der Waals surface area contributed by atoms with E-state index in [-0.39, 0.29) is 18.4 Å². The number of nitrogens with zero attached hydrogens (tertiary/aromatic N) is 2. The number of rotatable bonds is 8. The lowest BCUT2D eigenvalue weighted by molar-refractivity contribution is -0.117. The van der Waals surface area contributed by atoms with Gasteiger partial charge in [-0.05, 0) is 49.9 Å². The lowest BCUT2D eigenvalue weighted by Gasteiger charge is -2.18. The second-order valence-corrected chi connectivity index (χ2v) is 6.72. The maximum Gasteiger partial charge on any atom is 0.251 e. The number of carbonyl (C=O) groups excluding carboxylic acids is 2. The highest BCUT2D eigenvalue weighted by molar-refractivity contribution is 5.97. The number of likely N-dealkylation sites (N-methyl/N-ethyl adjacent to an activating group) is 1. The SMILES string of the molecule is CCNC(=O)c1cccc(NC(=O)CN(C)Cc2ccc(N(C)C)cc2)c1. The van der Waals surface area contributed by atoms with Gasteiger partial charge in [-0.2, -0.15) is 0 Å². The van der Waals surface area contributed by atoms with Gasteiger partial charge >= 0.3 is 0 Å². The molecule has 0 aliphatic carbocycles. The molecule has 0 unspecified atom stereocenters. The van der Waals surface area contributed by atoms with Gasteiger partial charge in [0.15, 0.2) is 0 Å². The van der Waals surface area contributed by atoms with Crippen LogP contribution in [0.15, 0.2) is 48.5 Å². The Hall–Kier alpha value is -2.86. The van der Waals surface area contributed by atoms with E-state index >= 15 is 0 Å². The number of nitrogens with one attached hydrogen (secondary N) is 2. The molecule has 0 saturated carbocycles. The van der Waals surface area contributed by atoms with Crippen molar-refractivity contribution in [1.29, 1.82) is 0 Å². The van der Waals surface area contributed by atoms with Gasteiger partial charge in [0.05, 0.1) is 6.54 Å². The molecule has 0 heterocycles. The molecule has 0 aliphatic rings. The summed E-state index contributed by atoms with van der Waals surface area (Å²) < 4.78 is 0. The lowest BCUT2D eigenvalue weighted by atomic mass is 10.2. The molecule has 144 valence electrons. The summed E-state index contributed by atoms with van der Waals surface area (Å²) in [6.07, 6.45) is 0. The molecular weight excluding hydrogens is 340 g/mol. The summed E-state index contributed by atoms with van der Waals surface area (Å²) in [5, 5.41) is 5.60. The van der Waals surface area contributed by atoms with Crippen LogP contribution in [-0.4, -0.2) is 50.9 Å².